The van der Waals surface area contributed by atoms with E-state index in [9.17, 15) is 14.0 Å². The van der Waals surface area contributed by atoms with Gasteiger partial charge >= 0.3 is 6.03 Å². The number of rotatable bonds is 4. The molecule has 2 aromatic rings. The van der Waals surface area contributed by atoms with Gasteiger partial charge in [0.05, 0.1) is 11.7 Å². The van der Waals surface area contributed by atoms with Gasteiger partial charge in [0.25, 0.3) is 0 Å². The average Bonchev–Trinajstić information content (AvgIpc) is 2.64. The zero-order valence-electron chi connectivity index (χ0n) is 14.4. The van der Waals surface area contributed by atoms with Crippen molar-refractivity contribution in [3.05, 3.63) is 76.2 Å². The molecule has 2 aromatic carbocycles. The van der Waals surface area contributed by atoms with Gasteiger partial charge in [-0.05, 0) is 63.8 Å². The molecular formula is C20H18BrFN2O3. The number of amides is 2. The van der Waals surface area contributed by atoms with Gasteiger partial charge < -0.3 is 10.4 Å². The van der Waals surface area contributed by atoms with E-state index < -0.39 is 12.1 Å². The van der Waals surface area contributed by atoms with E-state index in [1.165, 1.54) is 29.3 Å². The van der Waals surface area contributed by atoms with Crippen molar-refractivity contribution < 1.29 is 19.1 Å². The fourth-order valence-corrected chi connectivity index (χ4v) is 3.45. The van der Waals surface area contributed by atoms with Crippen molar-refractivity contribution in [2.45, 2.75) is 18.9 Å². The van der Waals surface area contributed by atoms with E-state index in [1.54, 1.807) is 18.2 Å². The Balaban J connectivity index is 1.82. The Morgan fingerprint density at radius 1 is 1.26 bits per heavy atom. The summed E-state index contributed by atoms with van der Waals surface area (Å²) in [7, 11) is 0. The van der Waals surface area contributed by atoms with Crippen LogP contribution in [0, 0.1) is 5.82 Å². The highest BCUT2D eigenvalue weighted by molar-refractivity contribution is 9.10. The average molecular weight is 433 g/mol. The van der Waals surface area contributed by atoms with Crippen molar-refractivity contribution in [2.75, 3.05) is 11.9 Å². The molecule has 1 atom stereocenters. The topological polar surface area (TPSA) is 69.6 Å². The third-order valence-corrected chi connectivity index (χ3v) is 4.97. The summed E-state index contributed by atoms with van der Waals surface area (Å²) in [6.07, 6.45) is 3.46. The molecular weight excluding hydrogens is 415 g/mol. The Morgan fingerprint density at radius 2 is 2.00 bits per heavy atom. The number of urea groups is 1. The van der Waals surface area contributed by atoms with Gasteiger partial charge in [-0.1, -0.05) is 18.2 Å². The summed E-state index contributed by atoms with van der Waals surface area (Å²) in [6.45, 7) is 0.0457. The number of benzene rings is 2. The molecule has 3 rings (SSSR count). The van der Waals surface area contributed by atoms with Gasteiger partial charge in [-0.3, -0.25) is 9.69 Å². The summed E-state index contributed by atoms with van der Waals surface area (Å²) in [4.78, 5) is 26.1. The summed E-state index contributed by atoms with van der Waals surface area (Å²) in [5.74, 6) is -0.470. The number of aliphatic hydroxyl groups excluding tert-OH is 1. The lowest BCUT2D eigenvalue weighted by Crippen LogP contribution is -2.37. The maximum Gasteiger partial charge on any atom is 0.326 e. The van der Waals surface area contributed by atoms with Gasteiger partial charge in [0.2, 0.25) is 0 Å². The number of anilines is 1. The summed E-state index contributed by atoms with van der Waals surface area (Å²) in [5, 5.41) is 11.8. The first-order valence-corrected chi connectivity index (χ1v) is 9.22. The number of ketones is 1. The molecule has 0 aromatic heterocycles. The van der Waals surface area contributed by atoms with Crippen LogP contribution in [0.25, 0.3) is 0 Å². The summed E-state index contributed by atoms with van der Waals surface area (Å²) in [6, 6.07) is 10.3. The lowest BCUT2D eigenvalue weighted by atomic mass is 9.97. The third-order valence-electron chi connectivity index (χ3n) is 4.32. The molecule has 1 aliphatic rings. The number of carbonyl (C=O) groups excluding carboxylic acids is 2. The SMILES string of the molecule is O=C1C=CN(C(=O)Nc2ccc(CCO)cc2Br)C(c2ccc(F)cc2)C1. The Kier molecular flexibility index (Phi) is 6.03. The fraction of sp³-hybridized carbons (Fsp3) is 0.200. The van der Waals surface area contributed by atoms with Gasteiger partial charge in [-0.25, -0.2) is 9.18 Å². The molecule has 0 radical (unpaired) electrons. The smallest absolute Gasteiger partial charge is 0.326 e. The van der Waals surface area contributed by atoms with Crippen LogP contribution in [0.5, 0.6) is 0 Å². The van der Waals surface area contributed by atoms with E-state index >= 15 is 0 Å². The van der Waals surface area contributed by atoms with Crippen molar-refractivity contribution >= 4 is 33.4 Å². The van der Waals surface area contributed by atoms with Crippen LogP contribution in [0.3, 0.4) is 0 Å². The summed E-state index contributed by atoms with van der Waals surface area (Å²) < 4.78 is 13.9. The van der Waals surface area contributed by atoms with Crippen LogP contribution in [0.15, 0.2) is 59.2 Å². The van der Waals surface area contributed by atoms with Crippen LogP contribution in [0.4, 0.5) is 14.9 Å². The van der Waals surface area contributed by atoms with E-state index in [-0.39, 0.29) is 24.6 Å². The second-order valence-corrected chi connectivity index (χ2v) is 7.03. The van der Waals surface area contributed by atoms with Crippen LogP contribution in [0.1, 0.15) is 23.6 Å². The molecule has 0 bridgehead atoms. The third kappa shape index (κ3) is 4.61. The maximum atomic E-state index is 13.2. The van der Waals surface area contributed by atoms with Gasteiger partial charge in [0.15, 0.2) is 5.78 Å². The minimum absolute atomic E-state index is 0.0457. The molecule has 0 spiro atoms. The molecule has 1 aliphatic heterocycles. The standard InChI is InChI=1S/C20H18BrFN2O3/c21-17-11-13(8-10-25)1-6-18(17)23-20(27)24-9-7-16(26)12-19(24)14-2-4-15(22)5-3-14/h1-7,9,11,19,25H,8,10,12H2,(H,23,27). The maximum absolute atomic E-state index is 13.2. The minimum Gasteiger partial charge on any atom is -0.396 e. The molecule has 0 saturated carbocycles. The number of nitrogens with one attached hydrogen (secondary N) is 1. The minimum atomic E-state index is -0.504. The van der Waals surface area contributed by atoms with Crippen molar-refractivity contribution in [3.8, 4) is 0 Å². The lowest BCUT2D eigenvalue weighted by molar-refractivity contribution is -0.116. The zero-order valence-corrected chi connectivity index (χ0v) is 15.9. The molecule has 0 saturated heterocycles. The van der Waals surface area contributed by atoms with E-state index in [4.69, 9.17) is 5.11 Å². The molecule has 2 amide bonds. The Hall–Kier alpha value is -2.51. The molecule has 1 heterocycles. The summed E-state index contributed by atoms with van der Waals surface area (Å²) >= 11 is 3.42. The van der Waals surface area contributed by atoms with Crippen molar-refractivity contribution in [3.63, 3.8) is 0 Å². The summed E-state index contributed by atoms with van der Waals surface area (Å²) in [5.41, 5.74) is 2.20. The second-order valence-electron chi connectivity index (χ2n) is 6.18. The first kappa shape index (κ1) is 19.3. The van der Waals surface area contributed by atoms with Crippen LogP contribution < -0.4 is 5.32 Å². The van der Waals surface area contributed by atoms with Crippen LogP contribution in [0.2, 0.25) is 0 Å². The number of carbonyl (C=O) groups is 2. The van der Waals surface area contributed by atoms with E-state index in [0.29, 0.717) is 22.1 Å². The Labute approximate surface area is 164 Å². The number of aliphatic hydroxyl groups is 1. The predicted molar refractivity (Wildman–Crippen MR) is 104 cm³/mol. The fourth-order valence-electron chi connectivity index (χ4n) is 2.92. The highest BCUT2D eigenvalue weighted by Crippen LogP contribution is 2.30. The Bertz CT molecular complexity index is 883. The van der Waals surface area contributed by atoms with Gasteiger partial charge in [0.1, 0.15) is 5.82 Å². The van der Waals surface area contributed by atoms with Crippen molar-refractivity contribution in [1.82, 2.24) is 4.90 Å². The number of nitrogens with zero attached hydrogens (tertiary/aromatic N) is 1. The van der Waals surface area contributed by atoms with Crippen LogP contribution in [-0.4, -0.2) is 28.4 Å². The van der Waals surface area contributed by atoms with Gasteiger partial charge in [-0.2, -0.15) is 0 Å². The molecule has 0 fully saturated rings. The van der Waals surface area contributed by atoms with E-state index in [1.807, 2.05) is 12.1 Å². The number of hydrogen-bond donors (Lipinski definition) is 2. The molecule has 5 nitrogen and oxygen atoms in total. The van der Waals surface area contributed by atoms with Crippen LogP contribution in [-0.2, 0) is 11.2 Å². The van der Waals surface area contributed by atoms with Gasteiger partial charge in [0, 0.05) is 23.7 Å². The second kappa shape index (κ2) is 8.45. The van der Waals surface area contributed by atoms with E-state index in [2.05, 4.69) is 21.2 Å². The molecule has 2 N–H and O–H groups in total. The van der Waals surface area contributed by atoms with E-state index in [0.717, 1.165) is 5.56 Å². The van der Waals surface area contributed by atoms with Crippen LogP contribution >= 0.6 is 15.9 Å². The number of halogens is 2. The molecule has 1 unspecified atom stereocenters. The molecule has 140 valence electrons. The van der Waals surface area contributed by atoms with Crippen molar-refractivity contribution in [1.29, 1.82) is 0 Å². The highest BCUT2D eigenvalue weighted by atomic mass is 79.9. The highest BCUT2D eigenvalue weighted by Gasteiger charge is 2.29. The monoisotopic (exact) mass is 432 g/mol. The lowest BCUT2D eigenvalue weighted by Gasteiger charge is -2.31. The first-order valence-electron chi connectivity index (χ1n) is 8.43. The number of hydrogen-bond acceptors (Lipinski definition) is 3. The molecule has 27 heavy (non-hydrogen) atoms. The number of allylic oxidation sites excluding steroid dienone is 1. The first-order chi connectivity index (χ1) is 13.0. The molecule has 0 aliphatic carbocycles. The normalized spacial score (nSPS) is 16.5. The zero-order chi connectivity index (χ0) is 19.4. The quantitative estimate of drug-likeness (QED) is 0.760. The largest absolute Gasteiger partial charge is 0.396 e. The van der Waals surface area contributed by atoms with Crippen molar-refractivity contribution in [2.24, 2.45) is 0 Å². The molecule has 7 heteroatoms. The Morgan fingerprint density at radius 3 is 2.67 bits per heavy atom. The van der Waals surface area contributed by atoms with Gasteiger partial charge in [-0.15, -0.1) is 0 Å². The predicted octanol–water partition coefficient (Wildman–Crippen LogP) is 4.18.